The Morgan fingerprint density at radius 1 is 1.33 bits per heavy atom. The molecule has 0 saturated carbocycles. The van der Waals surface area contributed by atoms with Crippen LogP contribution in [-0.2, 0) is 4.79 Å². The Labute approximate surface area is 90.7 Å². The van der Waals surface area contributed by atoms with E-state index in [2.05, 4.69) is 0 Å². The number of carboxylic acid groups (broad SMARTS) is 1. The minimum absolute atomic E-state index is 0. The van der Waals surface area contributed by atoms with Crippen LogP contribution in [0.15, 0.2) is 0 Å². The Balaban J connectivity index is 0. The molecule has 0 radical (unpaired) electrons. The van der Waals surface area contributed by atoms with Crippen molar-refractivity contribution in [1.29, 1.82) is 0 Å². The van der Waals surface area contributed by atoms with Gasteiger partial charge in [0.15, 0.2) is 0 Å². The van der Waals surface area contributed by atoms with Gasteiger partial charge in [-0.25, -0.2) is 0 Å². The molecule has 0 rings (SSSR count). The van der Waals surface area contributed by atoms with E-state index in [9.17, 15) is 9.90 Å². The molecule has 0 aliphatic carbocycles. The number of hydrogen-bond donors (Lipinski definition) is 4. The number of aliphatic carboxylic acids is 1. The summed E-state index contributed by atoms with van der Waals surface area (Å²) in [5.41, 5.74) is 0. The van der Waals surface area contributed by atoms with Crippen LogP contribution in [0.4, 0.5) is 0 Å². The van der Waals surface area contributed by atoms with Crippen LogP contribution in [0.1, 0.15) is 0 Å². The number of rotatable bonds is 4. The molecular formula is C5H9NaO6. The molecule has 0 aliphatic heterocycles. The van der Waals surface area contributed by atoms with E-state index < -0.39 is 30.9 Å². The van der Waals surface area contributed by atoms with E-state index in [-0.39, 0.29) is 29.6 Å². The first-order valence-electron chi connectivity index (χ1n) is 2.86. The van der Waals surface area contributed by atoms with Crippen molar-refractivity contribution in [2.24, 2.45) is 0 Å². The first-order chi connectivity index (χ1) is 5.00. The van der Waals surface area contributed by atoms with Crippen LogP contribution in [0.5, 0.6) is 0 Å². The Morgan fingerprint density at radius 2 is 1.75 bits per heavy atom. The molecule has 0 aromatic carbocycles. The summed E-state index contributed by atoms with van der Waals surface area (Å²) in [7, 11) is 0. The van der Waals surface area contributed by atoms with Gasteiger partial charge in [0, 0.05) is 0 Å². The molecule has 0 heterocycles. The maximum Gasteiger partial charge on any atom is 1.00 e. The maximum absolute atomic E-state index is 9.85. The van der Waals surface area contributed by atoms with Crippen molar-refractivity contribution in [3.8, 4) is 0 Å². The fourth-order valence-corrected chi connectivity index (χ4v) is 0.458. The van der Waals surface area contributed by atoms with Crippen molar-refractivity contribution in [2.75, 3.05) is 6.61 Å². The van der Waals surface area contributed by atoms with E-state index in [1.165, 1.54) is 0 Å². The van der Waals surface area contributed by atoms with Crippen LogP contribution in [0.25, 0.3) is 0 Å². The number of aliphatic hydroxyl groups is 4. The summed E-state index contributed by atoms with van der Waals surface area (Å²) < 4.78 is 0. The van der Waals surface area contributed by atoms with Gasteiger partial charge in [0.2, 0.25) is 0 Å². The van der Waals surface area contributed by atoms with Crippen LogP contribution in [0, 0.1) is 0 Å². The van der Waals surface area contributed by atoms with E-state index in [0.29, 0.717) is 0 Å². The quantitative estimate of drug-likeness (QED) is 0.325. The summed E-state index contributed by atoms with van der Waals surface area (Å²) in [4.78, 5) is 9.85. The van der Waals surface area contributed by atoms with Gasteiger partial charge >= 0.3 is 29.6 Å². The maximum atomic E-state index is 9.85. The molecule has 3 atom stereocenters. The van der Waals surface area contributed by atoms with Crippen molar-refractivity contribution in [3.05, 3.63) is 0 Å². The van der Waals surface area contributed by atoms with Gasteiger partial charge in [-0.2, -0.15) is 0 Å². The summed E-state index contributed by atoms with van der Waals surface area (Å²) in [5, 5.41) is 43.8. The van der Waals surface area contributed by atoms with E-state index in [4.69, 9.17) is 20.4 Å². The Kier molecular flexibility index (Phi) is 8.38. The number of carbonyl (C=O) groups is 1. The standard InChI is InChI=1S/C5H10O6.Na/c6-1-2(7)3(8)4(9)5(10)11;/h2-4,6-9H,1H2,(H,10,11);/q;+1/p-1/t2-,3-,4+;/m0./s1. The predicted octanol–water partition coefficient (Wildman–Crippen LogP) is -7.18. The summed E-state index contributed by atoms with van der Waals surface area (Å²) in [5.74, 6) is -1.90. The van der Waals surface area contributed by atoms with Crippen molar-refractivity contribution in [3.63, 3.8) is 0 Å². The average Bonchev–Trinajstić information content (AvgIpc) is 2.00. The van der Waals surface area contributed by atoms with Crippen LogP contribution in [-0.4, -0.2) is 51.3 Å². The molecule has 0 amide bonds. The van der Waals surface area contributed by atoms with E-state index >= 15 is 0 Å². The van der Waals surface area contributed by atoms with Crippen LogP contribution in [0.2, 0.25) is 0 Å². The van der Waals surface area contributed by atoms with Crippen LogP contribution < -0.4 is 34.7 Å². The van der Waals surface area contributed by atoms with Crippen molar-refractivity contribution in [1.82, 2.24) is 0 Å². The zero-order valence-corrected chi connectivity index (χ0v) is 8.54. The molecule has 4 N–H and O–H groups in total. The smallest absolute Gasteiger partial charge is 0.547 e. The molecule has 0 bridgehead atoms. The first kappa shape index (κ1) is 14.8. The summed E-state index contributed by atoms with van der Waals surface area (Å²) in [6, 6.07) is 0. The second-order valence-electron chi connectivity index (χ2n) is 2.00. The van der Waals surface area contributed by atoms with Gasteiger partial charge in [-0.05, 0) is 0 Å². The molecule has 66 valence electrons. The predicted molar refractivity (Wildman–Crippen MR) is 30.1 cm³/mol. The SMILES string of the molecule is O=C([O-])[C@H](O)[C@@H](O)[C@@H](O)CO.[Na+]. The van der Waals surface area contributed by atoms with Crippen molar-refractivity contribution < 1.29 is 59.9 Å². The van der Waals surface area contributed by atoms with Gasteiger partial charge < -0.3 is 30.3 Å². The van der Waals surface area contributed by atoms with Crippen LogP contribution in [0.3, 0.4) is 0 Å². The van der Waals surface area contributed by atoms with Gasteiger partial charge in [0.1, 0.15) is 18.3 Å². The topological polar surface area (TPSA) is 121 Å². The molecule has 0 aliphatic rings. The molecule has 0 unspecified atom stereocenters. The van der Waals surface area contributed by atoms with Gasteiger partial charge in [-0.3, -0.25) is 0 Å². The summed E-state index contributed by atoms with van der Waals surface area (Å²) >= 11 is 0. The van der Waals surface area contributed by atoms with E-state index in [1.54, 1.807) is 0 Å². The molecule has 7 heteroatoms. The number of carboxylic acids is 1. The molecule has 12 heavy (non-hydrogen) atoms. The largest absolute Gasteiger partial charge is 1.00 e. The number of aliphatic hydroxyl groups excluding tert-OH is 4. The third kappa shape index (κ3) is 4.36. The van der Waals surface area contributed by atoms with Gasteiger partial charge in [-0.15, -0.1) is 0 Å². The molecular weight excluding hydrogens is 179 g/mol. The molecule has 6 nitrogen and oxygen atoms in total. The molecule has 0 saturated heterocycles. The van der Waals surface area contributed by atoms with Crippen molar-refractivity contribution >= 4 is 5.97 Å². The third-order valence-corrected chi connectivity index (χ3v) is 1.15. The average molecular weight is 188 g/mol. The Morgan fingerprint density at radius 3 is 2.00 bits per heavy atom. The number of carbonyl (C=O) groups excluding carboxylic acids is 1. The zero-order valence-electron chi connectivity index (χ0n) is 6.54. The minimum Gasteiger partial charge on any atom is -0.547 e. The Bertz CT molecular complexity index is 140. The fourth-order valence-electron chi connectivity index (χ4n) is 0.458. The second-order valence-corrected chi connectivity index (χ2v) is 2.00. The minimum atomic E-state index is -2.18. The fraction of sp³-hybridized carbons (Fsp3) is 0.800. The number of hydrogen-bond acceptors (Lipinski definition) is 6. The zero-order chi connectivity index (χ0) is 9.02. The monoisotopic (exact) mass is 188 g/mol. The van der Waals surface area contributed by atoms with Crippen LogP contribution >= 0.6 is 0 Å². The van der Waals surface area contributed by atoms with Gasteiger partial charge in [0.05, 0.1) is 12.6 Å². The summed E-state index contributed by atoms with van der Waals surface area (Å²) in [6.45, 7) is -0.828. The normalized spacial score (nSPS) is 17.3. The third-order valence-electron chi connectivity index (χ3n) is 1.15. The van der Waals surface area contributed by atoms with E-state index in [0.717, 1.165) is 0 Å². The van der Waals surface area contributed by atoms with Gasteiger partial charge in [0.25, 0.3) is 0 Å². The van der Waals surface area contributed by atoms with Gasteiger partial charge in [-0.1, -0.05) is 0 Å². The molecule has 0 spiro atoms. The summed E-state index contributed by atoms with van der Waals surface area (Å²) in [6.07, 6.45) is -5.79. The molecule has 0 aromatic heterocycles. The molecule has 0 fully saturated rings. The molecule has 0 aromatic rings. The van der Waals surface area contributed by atoms with Crippen molar-refractivity contribution in [2.45, 2.75) is 18.3 Å². The second kappa shape index (κ2) is 6.79. The first-order valence-corrected chi connectivity index (χ1v) is 2.86. The van der Waals surface area contributed by atoms with E-state index in [1.807, 2.05) is 0 Å². The Hall–Kier alpha value is 0.310.